The fourth-order valence-corrected chi connectivity index (χ4v) is 2.90. The van der Waals surface area contributed by atoms with E-state index in [1.54, 1.807) is 6.07 Å². The van der Waals surface area contributed by atoms with Crippen LogP contribution < -0.4 is 5.32 Å². The summed E-state index contributed by atoms with van der Waals surface area (Å²) < 4.78 is 5.74. The highest BCUT2D eigenvalue weighted by molar-refractivity contribution is 5.34. The van der Waals surface area contributed by atoms with Crippen LogP contribution in [0, 0.1) is 5.41 Å². The van der Waals surface area contributed by atoms with Crippen LogP contribution in [0.3, 0.4) is 0 Å². The molecule has 3 nitrogen and oxygen atoms in total. The van der Waals surface area contributed by atoms with E-state index in [4.69, 9.17) is 4.74 Å². The molecule has 1 aliphatic carbocycles. The molecule has 2 N–H and O–H groups in total. The Kier molecular flexibility index (Phi) is 4.16. The van der Waals surface area contributed by atoms with Gasteiger partial charge < -0.3 is 15.2 Å². The maximum absolute atomic E-state index is 9.89. The molecule has 0 spiro atoms. The van der Waals surface area contributed by atoms with Crippen LogP contribution in [0.5, 0.6) is 5.75 Å². The lowest BCUT2D eigenvalue weighted by molar-refractivity contribution is -0.116. The molecule has 0 amide bonds. The molecule has 3 atom stereocenters. The molecule has 2 rings (SSSR count). The topological polar surface area (TPSA) is 41.5 Å². The summed E-state index contributed by atoms with van der Waals surface area (Å²) in [7, 11) is 0. The zero-order chi connectivity index (χ0) is 14.0. The SMILES string of the molecule is CCOC1CC(NC(C)c2ccccc2O)C1(C)C. The van der Waals surface area contributed by atoms with E-state index in [9.17, 15) is 5.11 Å². The van der Waals surface area contributed by atoms with Crippen molar-refractivity contribution in [2.24, 2.45) is 5.41 Å². The van der Waals surface area contributed by atoms with E-state index in [1.165, 1.54) is 0 Å². The first-order chi connectivity index (χ1) is 8.96. The molecule has 0 heterocycles. The van der Waals surface area contributed by atoms with Crippen molar-refractivity contribution in [3.8, 4) is 5.75 Å². The number of ether oxygens (including phenoxy) is 1. The first-order valence-corrected chi connectivity index (χ1v) is 7.12. The van der Waals surface area contributed by atoms with Crippen molar-refractivity contribution < 1.29 is 9.84 Å². The molecule has 3 heteroatoms. The second-order valence-corrected chi connectivity index (χ2v) is 6.00. The fourth-order valence-electron chi connectivity index (χ4n) is 2.90. The Balaban J connectivity index is 1.98. The van der Waals surface area contributed by atoms with E-state index in [-0.39, 0.29) is 11.5 Å². The van der Waals surface area contributed by atoms with Crippen molar-refractivity contribution in [3.63, 3.8) is 0 Å². The average Bonchev–Trinajstić information content (AvgIpc) is 2.38. The van der Waals surface area contributed by atoms with Gasteiger partial charge in [0.1, 0.15) is 5.75 Å². The molecule has 1 saturated carbocycles. The van der Waals surface area contributed by atoms with Gasteiger partial charge in [-0.3, -0.25) is 0 Å². The Morgan fingerprint density at radius 3 is 2.68 bits per heavy atom. The number of aromatic hydroxyl groups is 1. The van der Waals surface area contributed by atoms with Gasteiger partial charge in [-0.15, -0.1) is 0 Å². The fraction of sp³-hybridized carbons (Fsp3) is 0.625. The number of rotatable bonds is 5. The first kappa shape index (κ1) is 14.4. The Bertz CT molecular complexity index is 431. The predicted octanol–water partition coefficient (Wildman–Crippen LogP) is 3.25. The van der Waals surface area contributed by atoms with Crippen molar-refractivity contribution in [1.82, 2.24) is 5.32 Å². The second kappa shape index (κ2) is 5.51. The van der Waals surface area contributed by atoms with Crippen LogP contribution in [0.4, 0.5) is 0 Å². The minimum absolute atomic E-state index is 0.146. The molecule has 106 valence electrons. The highest BCUT2D eigenvalue weighted by Gasteiger charge is 2.49. The van der Waals surface area contributed by atoms with Gasteiger partial charge >= 0.3 is 0 Å². The number of benzene rings is 1. The molecule has 19 heavy (non-hydrogen) atoms. The largest absolute Gasteiger partial charge is 0.508 e. The van der Waals surface area contributed by atoms with Gasteiger partial charge in [0, 0.05) is 29.7 Å². The molecular formula is C16H25NO2. The Labute approximate surface area is 116 Å². The van der Waals surface area contributed by atoms with E-state index in [2.05, 4.69) is 26.1 Å². The van der Waals surface area contributed by atoms with Crippen LogP contribution in [0.15, 0.2) is 24.3 Å². The summed E-state index contributed by atoms with van der Waals surface area (Å²) in [6.45, 7) is 9.40. The van der Waals surface area contributed by atoms with Crippen LogP contribution >= 0.6 is 0 Å². The van der Waals surface area contributed by atoms with Gasteiger partial charge in [-0.1, -0.05) is 32.0 Å². The van der Waals surface area contributed by atoms with Crippen molar-refractivity contribution in [3.05, 3.63) is 29.8 Å². The monoisotopic (exact) mass is 263 g/mol. The van der Waals surface area contributed by atoms with Crippen LogP contribution in [0.2, 0.25) is 0 Å². The minimum atomic E-state index is 0.146. The molecule has 0 aliphatic heterocycles. The van der Waals surface area contributed by atoms with Crippen LogP contribution in [0.1, 0.15) is 45.7 Å². The third-order valence-electron chi connectivity index (χ3n) is 4.40. The normalized spacial score (nSPS) is 26.7. The number of phenolic OH excluding ortho intramolecular Hbond substituents is 1. The van der Waals surface area contributed by atoms with Gasteiger partial charge in [0.05, 0.1) is 6.10 Å². The third kappa shape index (κ3) is 2.77. The van der Waals surface area contributed by atoms with Crippen molar-refractivity contribution >= 4 is 0 Å². The third-order valence-corrected chi connectivity index (χ3v) is 4.40. The number of hydrogen-bond acceptors (Lipinski definition) is 3. The Morgan fingerprint density at radius 1 is 1.42 bits per heavy atom. The van der Waals surface area contributed by atoms with Gasteiger partial charge in [0.25, 0.3) is 0 Å². The molecule has 1 aromatic carbocycles. The standard InChI is InChI=1S/C16H25NO2/c1-5-19-15-10-14(16(15,3)4)17-11(2)12-8-6-7-9-13(12)18/h6-9,11,14-15,17-18H,5,10H2,1-4H3. The highest BCUT2D eigenvalue weighted by atomic mass is 16.5. The Morgan fingerprint density at radius 2 is 2.11 bits per heavy atom. The predicted molar refractivity (Wildman–Crippen MR) is 77.3 cm³/mol. The summed E-state index contributed by atoms with van der Waals surface area (Å²) in [6.07, 6.45) is 1.38. The number of nitrogens with one attached hydrogen (secondary N) is 1. The molecule has 1 fully saturated rings. The van der Waals surface area contributed by atoms with Crippen LogP contribution in [-0.2, 0) is 4.74 Å². The van der Waals surface area contributed by atoms with Crippen molar-refractivity contribution in [2.75, 3.05) is 6.61 Å². The van der Waals surface area contributed by atoms with Gasteiger partial charge in [-0.05, 0) is 26.3 Å². The van der Waals surface area contributed by atoms with Crippen LogP contribution in [-0.4, -0.2) is 23.9 Å². The van der Waals surface area contributed by atoms with Crippen LogP contribution in [0.25, 0.3) is 0 Å². The molecule has 1 aliphatic rings. The maximum atomic E-state index is 9.89. The lowest BCUT2D eigenvalue weighted by atomic mass is 9.64. The molecule has 0 bridgehead atoms. The Hall–Kier alpha value is -1.06. The molecule has 0 radical (unpaired) electrons. The van der Waals surface area contributed by atoms with Crippen molar-refractivity contribution in [1.29, 1.82) is 0 Å². The smallest absolute Gasteiger partial charge is 0.120 e. The summed E-state index contributed by atoms with van der Waals surface area (Å²) in [5, 5.41) is 13.5. The first-order valence-electron chi connectivity index (χ1n) is 7.12. The molecular weight excluding hydrogens is 238 g/mol. The molecule has 3 unspecified atom stereocenters. The summed E-state index contributed by atoms with van der Waals surface area (Å²) in [4.78, 5) is 0. The molecule has 1 aromatic rings. The average molecular weight is 263 g/mol. The van der Waals surface area contributed by atoms with Gasteiger partial charge in [-0.2, -0.15) is 0 Å². The van der Waals surface area contributed by atoms with E-state index in [0.717, 1.165) is 18.6 Å². The lowest BCUT2D eigenvalue weighted by Crippen LogP contribution is -2.61. The summed E-state index contributed by atoms with van der Waals surface area (Å²) in [5.41, 5.74) is 1.10. The minimum Gasteiger partial charge on any atom is -0.508 e. The van der Waals surface area contributed by atoms with E-state index >= 15 is 0 Å². The number of phenols is 1. The highest BCUT2D eigenvalue weighted by Crippen LogP contribution is 2.44. The molecule has 0 aromatic heterocycles. The van der Waals surface area contributed by atoms with E-state index in [1.807, 2.05) is 25.1 Å². The lowest BCUT2D eigenvalue weighted by Gasteiger charge is -2.52. The zero-order valence-electron chi connectivity index (χ0n) is 12.3. The number of hydrogen-bond donors (Lipinski definition) is 2. The second-order valence-electron chi connectivity index (χ2n) is 6.00. The summed E-state index contributed by atoms with van der Waals surface area (Å²) >= 11 is 0. The summed E-state index contributed by atoms with van der Waals surface area (Å²) in [5.74, 6) is 0.362. The zero-order valence-corrected chi connectivity index (χ0v) is 12.3. The van der Waals surface area contributed by atoms with E-state index in [0.29, 0.717) is 17.9 Å². The van der Waals surface area contributed by atoms with Gasteiger partial charge in [0.15, 0.2) is 0 Å². The maximum Gasteiger partial charge on any atom is 0.120 e. The quantitative estimate of drug-likeness (QED) is 0.857. The molecule has 0 saturated heterocycles. The van der Waals surface area contributed by atoms with Gasteiger partial charge in [0.2, 0.25) is 0 Å². The van der Waals surface area contributed by atoms with E-state index < -0.39 is 0 Å². The van der Waals surface area contributed by atoms with Gasteiger partial charge in [-0.25, -0.2) is 0 Å². The number of para-hydroxylation sites is 1. The van der Waals surface area contributed by atoms with Crippen molar-refractivity contribution in [2.45, 2.75) is 52.3 Å². The summed E-state index contributed by atoms with van der Waals surface area (Å²) in [6, 6.07) is 8.10.